The third-order valence-electron chi connectivity index (χ3n) is 7.05. The number of nitrogens with zero attached hydrogens (tertiary/aromatic N) is 2. The molecule has 2 fully saturated rings. The zero-order chi connectivity index (χ0) is 22.1. The lowest BCUT2D eigenvalue weighted by Gasteiger charge is -2.37. The van der Waals surface area contributed by atoms with E-state index < -0.39 is 29.9 Å². The molecular weight excluding hydrogens is 400 g/mol. The monoisotopic (exact) mass is 428 g/mol. The fourth-order valence-electron chi connectivity index (χ4n) is 5.71. The summed E-state index contributed by atoms with van der Waals surface area (Å²) < 4.78 is 14.8. The fraction of sp³-hybridized carbons (Fsp3) is 0.565. The van der Waals surface area contributed by atoms with Crippen LogP contribution in [0.3, 0.4) is 0 Å². The Morgan fingerprint density at radius 3 is 2.26 bits per heavy atom. The summed E-state index contributed by atoms with van der Waals surface area (Å²) in [7, 11) is 3.88. The minimum absolute atomic E-state index is 0.0205. The molecule has 0 amide bonds. The first kappa shape index (κ1) is 21.3. The van der Waals surface area contributed by atoms with Crippen molar-refractivity contribution in [3.63, 3.8) is 0 Å². The molecule has 0 radical (unpaired) electrons. The molecule has 1 aliphatic heterocycles. The minimum atomic E-state index is -1.09. The molecule has 5 atom stereocenters. The van der Waals surface area contributed by atoms with Gasteiger partial charge in [-0.1, -0.05) is 30.3 Å². The third-order valence-corrected chi connectivity index (χ3v) is 7.05. The zero-order valence-electron chi connectivity index (χ0n) is 18.0. The Labute approximate surface area is 181 Å². The van der Waals surface area contributed by atoms with Gasteiger partial charge < -0.3 is 14.2 Å². The van der Waals surface area contributed by atoms with Crippen LogP contribution in [0.1, 0.15) is 37.3 Å². The van der Waals surface area contributed by atoms with Crippen LogP contribution in [-0.2, 0) is 28.6 Å². The summed E-state index contributed by atoms with van der Waals surface area (Å²) in [4.78, 5) is 37.4. The molecule has 3 aliphatic rings. The van der Waals surface area contributed by atoms with Crippen LogP contribution in [0.25, 0.3) is 0 Å². The zero-order valence-corrected chi connectivity index (χ0v) is 18.0. The highest BCUT2D eigenvalue weighted by molar-refractivity contribution is 6.38. The highest BCUT2D eigenvalue weighted by atomic mass is 16.5. The second-order valence-electron chi connectivity index (χ2n) is 8.47. The van der Waals surface area contributed by atoms with Crippen LogP contribution in [0.4, 0.5) is 0 Å². The summed E-state index contributed by atoms with van der Waals surface area (Å²) in [5.74, 6) is -1.94. The second kappa shape index (κ2) is 8.69. The molecule has 2 bridgehead atoms. The summed E-state index contributed by atoms with van der Waals surface area (Å²) in [6, 6.07) is 9.28. The van der Waals surface area contributed by atoms with Crippen molar-refractivity contribution < 1.29 is 28.6 Å². The number of fused-ring (bicyclic) bond motifs is 5. The SMILES string of the molecule is COC(=O)C1=NN(C(CC(C(=O)OC)C(=O)OC)c2ccccc2)C2C3CCC(C3)C12. The average molecular weight is 428 g/mol. The van der Waals surface area contributed by atoms with Gasteiger partial charge >= 0.3 is 17.9 Å². The van der Waals surface area contributed by atoms with E-state index in [1.807, 2.05) is 35.3 Å². The van der Waals surface area contributed by atoms with Crippen molar-refractivity contribution in [2.45, 2.75) is 37.8 Å². The number of rotatable bonds is 7. The molecule has 1 heterocycles. The molecule has 1 aromatic rings. The molecular formula is C23H28N2O6. The summed E-state index contributed by atoms with van der Waals surface area (Å²) in [6.45, 7) is 0. The van der Waals surface area contributed by atoms with Crippen molar-refractivity contribution in [3.8, 4) is 0 Å². The Morgan fingerprint density at radius 1 is 1.00 bits per heavy atom. The standard InChI is InChI=1S/C23H28N2O6/c1-29-21(26)16(22(27)30-2)12-17(13-7-5-4-6-8-13)25-20-15-10-9-14(11-15)18(20)19(24-25)23(28)31-3/h4-8,14-18,20H,9-12H2,1-3H3. The van der Waals surface area contributed by atoms with Crippen molar-refractivity contribution >= 4 is 23.6 Å². The smallest absolute Gasteiger partial charge is 0.354 e. The van der Waals surface area contributed by atoms with E-state index in [1.54, 1.807) is 0 Å². The number of carbonyl (C=O) groups excluding carboxylic acids is 3. The van der Waals surface area contributed by atoms with Crippen LogP contribution in [0.5, 0.6) is 0 Å². The van der Waals surface area contributed by atoms with Crippen LogP contribution in [-0.4, -0.2) is 56.0 Å². The predicted octanol–water partition coefficient (Wildman–Crippen LogP) is 2.34. The summed E-state index contributed by atoms with van der Waals surface area (Å²) >= 11 is 0. The normalized spacial score (nSPS) is 27.0. The van der Waals surface area contributed by atoms with Gasteiger partial charge in [0.15, 0.2) is 11.6 Å². The number of benzene rings is 1. The van der Waals surface area contributed by atoms with Crippen LogP contribution in [0.2, 0.25) is 0 Å². The lowest BCUT2D eigenvalue weighted by atomic mass is 9.81. The van der Waals surface area contributed by atoms with E-state index in [2.05, 4.69) is 0 Å². The molecule has 8 nitrogen and oxygen atoms in total. The van der Waals surface area contributed by atoms with Crippen molar-refractivity contribution in [3.05, 3.63) is 35.9 Å². The maximum atomic E-state index is 12.5. The van der Waals surface area contributed by atoms with E-state index in [0.29, 0.717) is 17.5 Å². The molecule has 31 heavy (non-hydrogen) atoms. The van der Waals surface area contributed by atoms with Crippen molar-refractivity contribution in [2.75, 3.05) is 21.3 Å². The number of methoxy groups -OCH3 is 3. The molecule has 0 spiro atoms. The maximum Gasteiger partial charge on any atom is 0.354 e. The first-order valence-corrected chi connectivity index (χ1v) is 10.7. The number of hydrogen-bond donors (Lipinski definition) is 0. The van der Waals surface area contributed by atoms with Gasteiger partial charge in [-0.3, -0.25) is 14.6 Å². The molecule has 8 heteroatoms. The molecule has 166 valence electrons. The molecule has 0 saturated heterocycles. The second-order valence-corrected chi connectivity index (χ2v) is 8.47. The Kier molecular flexibility index (Phi) is 5.98. The van der Waals surface area contributed by atoms with Gasteiger partial charge in [0.2, 0.25) is 0 Å². The van der Waals surface area contributed by atoms with Gasteiger partial charge in [0.25, 0.3) is 0 Å². The van der Waals surface area contributed by atoms with Gasteiger partial charge in [0, 0.05) is 5.92 Å². The van der Waals surface area contributed by atoms with E-state index in [0.717, 1.165) is 24.8 Å². The molecule has 0 N–H and O–H groups in total. The first-order chi connectivity index (χ1) is 15.0. The highest BCUT2D eigenvalue weighted by Crippen LogP contribution is 2.55. The predicted molar refractivity (Wildman–Crippen MR) is 111 cm³/mol. The topological polar surface area (TPSA) is 94.5 Å². The largest absolute Gasteiger partial charge is 0.468 e. The molecule has 1 aromatic carbocycles. The summed E-state index contributed by atoms with van der Waals surface area (Å²) in [5, 5.41) is 6.71. The lowest BCUT2D eigenvalue weighted by molar-refractivity contribution is -0.160. The number of hydrogen-bond acceptors (Lipinski definition) is 8. The van der Waals surface area contributed by atoms with E-state index in [-0.39, 0.29) is 18.4 Å². The van der Waals surface area contributed by atoms with Gasteiger partial charge in [0.1, 0.15) is 0 Å². The van der Waals surface area contributed by atoms with Crippen LogP contribution >= 0.6 is 0 Å². The lowest BCUT2D eigenvalue weighted by Crippen LogP contribution is -2.42. The Balaban J connectivity index is 1.74. The third kappa shape index (κ3) is 3.68. The maximum absolute atomic E-state index is 12.5. The Morgan fingerprint density at radius 2 is 1.65 bits per heavy atom. The number of ether oxygens (including phenoxy) is 3. The molecule has 4 rings (SSSR count). The molecule has 2 aliphatic carbocycles. The van der Waals surface area contributed by atoms with Crippen LogP contribution < -0.4 is 0 Å². The van der Waals surface area contributed by atoms with E-state index in [1.165, 1.54) is 21.3 Å². The summed E-state index contributed by atoms with van der Waals surface area (Å²) in [6.07, 6.45) is 3.37. The number of carbonyl (C=O) groups is 3. The number of esters is 3. The van der Waals surface area contributed by atoms with Gasteiger partial charge in [-0.2, -0.15) is 5.10 Å². The minimum Gasteiger partial charge on any atom is -0.468 e. The van der Waals surface area contributed by atoms with E-state index in [4.69, 9.17) is 19.3 Å². The van der Waals surface area contributed by atoms with Crippen LogP contribution in [0.15, 0.2) is 35.4 Å². The highest BCUT2D eigenvalue weighted by Gasteiger charge is 2.58. The molecule has 2 saturated carbocycles. The average Bonchev–Trinajstić information content (AvgIpc) is 3.52. The van der Waals surface area contributed by atoms with Gasteiger partial charge in [-0.05, 0) is 43.1 Å². The van der Waals surface area contributed by atoms with Gasteiger partial charge in [0.05, 0.1) is 33.4 Å². The quantitative estimate of drug-likeness (QED) is 0.374. The fourth-order valence-corrected chi connectivity index (χ4v) is 5.71. The van der Waals surface area contributed by atoms with Gasteiger partial charge in [-0.25, -0.2) is 4.79 Å². The van der Waals surface area contributed by atoms with Crippen molar-refractivity contribution in [1.29, 1.82) is 0 Å². The van der Waals surface area contributed by atoms with Crippen molar-refractivity contribution in [2.24, 2.45) is 28.8 Å². The Bertz CT molecular complexity index is 869. The first-order valence-electron chi connectivity index (χ1n) is 10.7. The van der Waals surface area contributed by atoms with Crippen molar-refractivity contribution in [1.82, 2.24) is 5.01 Å². The van der Waals surface area contributed by atoms with Gasteiger partial charge in [-0.15, -0.1) is 0 Å². The van der Waals surface area contributed by atoms with Crippen LogP contribution in [0, 0.1) is 23.7 Å². The van der Waals surface area contributed by atoms with E-state index >= 15 is 0 Å². The summed E-state index contributed by atoms with van der Waals surface area (Å²) in [5.41, 5.74) is 1.37. The van der Waals surface area contributed by atoms with E-state index in [9.17, 15) is 14.4 Å². The Hall–Kier alpha value is -2.90. The molecule has 5 unspecified atom stereocenters. The molecule has 0 aromatic heterocycles. The number of hydrazone groups is 1.